The Bertz CT molecular complexity index is 300. The van der Waals surface area contributed by atoms with Crippen LogP contribution >= 0.6 is 0 Å². The van der Waals surface area contributed by atoms with Gasteiger partial charge < -0.3 is 0 Å². The lowest BCUT2D eigenvalue weighted by atomic mass is 9.93. The minimum atomic E-state index is -0.282. The number of rotatable bonds is 3. The zero-order valence-electron chi connectivity index (χ0n) is 8.20. The van der Waals surface area contributed by atoms with E-state index in [1.165, 1.54) is 5.56 Å². The SMILES string of the molecule is C=CC(C)(N=CC)c1ccccc1. The minimum absolute atomic E-state index is 0.282. The molecule has 0 heterocycles. The first-order valence-electron chi connectivity index (χ1n) is 4.42. The molecule has 0 aromatic heterocycles. The quantitative estimate of drug-likeness (QED) is 0.491. The monoisotopic (exact) mass is 173 g/mol. The van der Waals surface area contributed by atoms with E-state index in [1.807, 2.05) is 37.4 Å². The zero-order chi connectivity index (χ0) is 9.73. The molecule has 1 atom stereocenters. The van der Waals surface area contributed by atoms with Gasteiger partial charge in [0.2, 0.25) is 0 Å². The van der Waals surface area contributed by atoms with Crippen LogP contribution in [0.3, 0.4) is 0 Å². The lowest BCUT2D eigenvalue weighted by Gasteiger charge is -2.20. The third-order valence-corrected chi connectivity index (χ3v) is 2.15. The van der Waals surface area contributed by atoms with Crippen LogP contribution in [0.5, 0.6) is 0 Å². The van der Waals surface area contributed by atoms with E-state index >= 15 is 0 Å². The van der Waals surface area contributed by atoms with Crippen LogP contribution in [-0.2, 0) is 5.54 Å². The molecule has 13 heavy (non-hydrogen) atoms. The Morgan fingerprint density at radius 3 is 2.38 bits per heavy atom. The number of nitrogens with zero attached hydrogens (tertiary/aromatic N) is 1. The summed E-state index contributed by atoms with van der Waals surface area (Å²) in [4.78, 5) is 4.40. The van der Waals surface area contributed by atoms with Crippen molar-refractivity contribution >= 4 is 6.21 Å². The molecule has 0 aliphatic heterocycles. The van der Waals surface area contributed by atoms with Crippen LogP contribution in [0.1, 0.15) is 19.4 Å². The largest absolute Gasteiger partial charge is 0.283 e. The summed E-state index contributed by atoms with van der Waals surface area (Å²) in [7, 11) is 0. The van der Waals surface area contributed by atoms with Gasteiger partial charge in [0.15, 0.2) is 0 Å². The van der Waals surface area contributed by atoms with Crippen molar-refractivity contribution in [1.82, 2.24) is 0 Å². The second-order valence-corrected chi connectivity index (χ2v) is 3.10. The first-order chi connectivity index (χ1) is 6.23. The third kappa shape index (κ3) is 2.05. The lowest BCUT2D eigenvalue weighted by Crippen LogP contribution is -2.15. The van der Waals surface area contributed by atoms with Crippen LogP contribution in [0.4, 0.5) is 0 Å². The predicted molar refractivity (Wildman–Crippen MR) is 58.2 cm³/mol. The Hall–Kier alpha value is -1.37. The molecule has 0 aliphatic carbocycles. The molecule has 1 rings (SSSR count). The molecule has 0 radical (unpaired) electrons. The van der Waals surface area contributed by atoms with Crippen molar-refractivity contribution in [2.45, 2.75) is 19.4 Å². The van der Waals surface area contributed by atoms with E-state index in [-0.39, 0.29) is 5.54 Å². The van der Waals surface area contributed by atoms with Crippen molar-refractivity contribution in [2.75, 3.05) is 0 Å². The van der Waals surface area contributed by atoms with Gasteiger partial charge in [-0.1, -0.05) is 36.4 Å². The predicted octanol–water partition coefficient (Wildman–Crippen LogP) is 3.18. The number of hydrogen-bond donors (Lipinski definition) is 0. The maximum Gasteiger partial charge on any atom is 0.100 e. The van der Waals surface area contributed by atoms with Gasteiger partial charge in [0.05, 0.1) is 0 Å². The number of hydrogen-bond acceptors (Lipinski definition) is 1. The molecular formula is C12H15N. The van der Waals surface area contributed by atoms with Gasteiger partial charge in [0.1, 0.15) is 5.54 Å². The van der Waals surface area contributed by atoms with Crippen LogP contribution in [0.15, 0.2) is 48.0 Å². The molecule has 1 nitrogen and oxygen atoms in total. The summed E-state index contributed by atoms with van der Waals surface area (Å²) in [5.41, 5.74) is 0.888. The number of benzene rings is 1. The maximum atomic E-state index is 4.40. The fraction of sp³-hybridized carbons (Fsp3) is 0.250. The molecule has 68 valence electrons. The fourth-order valence-electron chi connectivity index (χ4n) is 1.29. The van der Waals surface area contributed by atoms with Crippen LogP contribution in [0, 0.1) is 0 Å². The van der Waals surface area contributed by atoms with Gasteiger partial charge in [-0.25, -0.2) is 0 Å². The second kappa shape index (κ2) is 4.04. The highest BCUT2D eigenvalue weighted by Gasteiger charge is 2.19. The Labute approximate surface area is 79.8 Å². The molecule has 0 fully saturated rings. The average Bonchev–Trinajstić information content (AvgIpc) is 2.19. The van der Waals surface area contributed by atoms with Gasteiger partial charge in [-0.15, -0.1) is 6.58 Å². The van der Waals surface area contributed by atoms with Gasteiger partial charge in [0, 0.05) is 0 Å². The van der Waals surface area contributed by atoms with Gasteiger partial charge in [-0.2, -0.15) is 0 Å². The molecule has 0 bridgehead atoms. The summed E-state index contributed by atoms with van der Waals surface area (Å²) in [6, 6.07) is 10.2. The molecule has 1 aromatic carbocycles. The fourth-order valence-corrected chi connectivity index (χ4v) is 1.29. The Morgan fingerprint density at radius 2 is 1.92 bits per heavy atom. The van der Waals surface area contributed by atoms with E-state index in [9.17, 15) is 0 Å². The highest BCUT2D eigenvalue weighted by molar-refractivity contribution is 5.55. The number of aliphatic imine (C=N–C) groups is 1. The van der Waals surface area contributed by atoms with Crippen molar-refractivity contribution in [1.29, 1.82) is 0 Å². The first kappa shape index (κ1) is 9.72. The van der Waals surface area contributed by atoms with Crippen molar-refractivity contribution in [3.05, 3.63) is 48.6 Å². The van der Waals surface area contributed by atoms with Crippen molar-refractivity contribution in [2.24, 2.45) is 4.99 Å². The summed E-state index contributed by atoms with van der Waals surface area (Å²) in [5.74, 6) is 0. The normalized spacial score (nSPS) is 15.5. The molecule has 1 unspecified atom stereocenters. The lowest BCUT2D eigenvalue weighted by molar-refractivity contribution is 0.638. The van der Waals surface area contributed by atoms with Crippen LogP contribution in [0.25, 0.3) is 0 Å². The summed E-state index contributed by atoms with van der Waals surface area (Å²) in [6.07, 6.45) is 3.68. The Kier molecular flexibility index (Phi) is 3.02. The summed E-state index contributed by atoms with van der Waals surface area (Å²) < 4.78 is 0. The summed E-state index contributed by atoms with van der Waals surface area (Å²) in [5, 5.41) is 0. The molecule has 0 N–H and O–H groups in total. The van der Waals surface area contributed by atoms with E-state index in [0.717, 1.165) is 0 Å². The topological polar surface area (TPSA) is 12.4 Å². The minimum Gasteiger partial charge on any atom is -0.283 e. The second-order valence-electron chi connectivity index (χ2n) is 3.10. The van der Waals surface area contributed by atoms with Gasteiger partial charge in [0.25, 0.3) is 0 Å². The van der Waals surface area contributed by atoms with Crippen molar-refractivity contribution < 1.29 is 0 Å². The molecule has 0 saturated heterocycles. The molecule has 1 heteroatoms. The van der Waals surface area contributed by atoms with E-state index < -0.39 is 0 Å². The van der Waals surface area contributed by atoms with Crippen LogP contribution in [0.2, 0.25) is 0 Å². The standard InChI is InChI=1S/C12H15N/c1-4-12(3,13-5-2)11-9-7-6-8-10-11/h4-10H,1H2,2-3H3. The average molecular weight is 173 g/mol. The van der Waals surface area contributed by atoms with Crippen molar-refractivity contribution in [3.63, 3.8) is 0 Å². The molecule has 1 aromatic rings. The summed E-state index contributed by atoms with van der Waals surface area (Å²) >= 11 is 0. The van der Waals surface area contributed by atoms with E-state index in [2.05, 4.69) is 30.6 Å². The van der Waals surface area contributed by atoms with E-state index in [1.54, 1.807) is 0 Å². The van der Waals surface area contributed by atoms with Gasteiger partial charge >= 0.3 is 0 Å². The highest BCUT2D eigenvalue weighted by atomic mass is 14.8. The van der Waals surface area contributed by atoms with Crippen LogP contribution < -0.4 is 0 Å². The zero-order valence-corrected chi connectivity index (χ0v) is 8.20. The van der Waals surface area contributed by atoms with Gasteiger partial charge in [-0.05, 0) is 25.6 Å². The van der Waals surface area contributed by atoms with E-state index in [4.69, 9.17) is 0 Å². The molecule has 0 amide bonds. The smallest absolute Gasteiger partial charge is 0.100 e. The first-order valence-corrected chi connectivity index (χ1v) is 4.42. The Morgan fingerprint density at radius 1 is 1.31 bits per heavy atom. The maximum absolute atomic E-state index is 4.40. The third-order valence-electron chi connectivity index (χ3n) is 2.15. The molecule has 0 aliphatic rings. The molecule has 0 saturated carbocycles. The molecule has 0 spiro atoms. The Balaban J connectivity index is 3.10. The summed E-state index contributed by atoms with van der Waals surface area (Å²) in [6.45, 7) is 7.79. The van der Waals surface area contributed by atoms with Crippen molar-refractivity contribution in [3.8, 4) is 0 Å². The molecular weight excluding hydrogens is 158 g/mol. The van der Waals surface area contributed by atoms with Gasteiger partial charge in [-0.3, -0.25) is 4.99 Å². The van der Waals surface area contributed by atoms with E-state index in [0.29, 0.717) is 0 Å². The van der Waals surface area contributed by atoms with Crippen LogP contribution in [-0.4, -0.2) is 6.21 Å². The highest BCUT2D eigenvalue weighted by Crippen LogP contribution is 2.25.